The molecule has 0 bridgehead atoms. The lowest BCUT2D eigenvalue weighted by Crippen LogP contribution is -2.47. The first-order valence-electron chi connectivity index (χ1n) is 10.2. The van der Waals surface area contributed by atoms with Gasteiger partial charge in [-0.3, -0.25) is 4.79 Å². The molecule has 0 unspecified atom stereocenters. The van der Waals surface area contributed by atoms with Crippen molar-refractivity contribution in [2.24, 2.45) is 0 Å². The van der Waals surface area contributed by atoms with Crippen LogP contribution in [0.4, 0.5) is 13.2 Å². The summed E-state index contributed by atoms with van der Waals surface area (Å²) in [5.74, 6) is -2.71. The fourth-order valence-corrected chi connectivity index (χ4v) is 5.25. The minimum absolute atomic E-state index is 0.0431. The maximum Gasteiger partial charge on any atom is 0.490 e. The fourth-order valence-electron chi connectivity index (χ4n) is 3.35. The number of alkyl halides is 3. The zero-order chi connectivity index (χ0) is 24.1. The Hall–Kier alpha value is -2.18. The monoisotopic (exact) mass is 479 g/mol. The molecule has 3 rings (SSSR count). The summed E-state index contributed by atoms with van der Waals surface area (Å²) in [4.78, 5) is 23.5. The van der Waals surface area contributed by atoms with Crippen LogP contribution in [0.25, 0.3) is 0 Å². The van der Waals surface area contributed by atoms with Crippen LogP contribution in [-0.4, -0.2) is 79.5 Å². The molecule has 12 heteroatoms. The molecule has 2 fully saturated rings. The van der Waals surface area contributed by atoms with Crippen molar-refractivity contribution in [3.63, 3.8) is 0 Å². The average molecular weight is 480 g/mol. The number of rotatable bonds is 6. The van der Waals surface area contributed by atoms with Gasteiger partial charge in [0.15, 0.2) is 0 Å². The van der Waals surface area contributed by atoms with Gasteiger partial charge < -0.3 is 15.3 Å². The van der Waals surface area contributed by atoms with Gasteiger partial charge in [0.2, 0.25) is 15.9 Å². The number of halogens is 3. The van der Waals surface area contributed by atoms with Gasteiger partial charge in [-0.25, -0.2) is 13.2 Å². The van der Waals surface area contributed by atoms with E-state index < -0.39 is 22.2 Å². The molecule has 1 saturated carbocycles. The normalized spacial score (nSPS) is 17.0. The van der Waals surface area contributed by atoms with Gasteiger partial charge in [-0.15, -0.1) is 0 Å². The van der Waals surface area contributed by atoms with E-state index in [2.05, 4.69) is 5.32 Å². The maximum atomic E-state index is 13.1. The van der Waals surface area contributed by atoms with Crippen LogP contribution in [0.15, 0.2) is 23.1 Å². The predicted octanol–water partition coefficient (Wildman–Crippen LogP) is 1.91. The number of hydrogen-bond donors (Lipinski definition) is 2. The Bertz CT molecular complexity index is 927. The number of sulfonamides is 1. The highest BCUT2D eigenvalue weighted by atomic mass is 32.2. The van der Waals surface area contributed by atoms with Gasteiger partial charge in [-0.05, 0) is 38.3 Å². The summed E-state index contributed by atoms with van der Waals surface area (Å²) in [5, 5.41) is 10.3. The summed E-state index contributed by atoms with van der Waals surface area (Å²) in [6.07, 6.45) is -3.07. The number of hydrogen-bond acceptors (Lipinski definition) is 5. The van der Waals surface area contributed by atoms with Crippen LogP contribution in [0, 0.1) is 13.8 Å². The highest BCUT2D eigenvalue weighted by molar-refractivity contribution is 7.89. The molecule has 2 N–H and O–H groups in total. The van der Waals surface area contributed by atoms with E-state index in [1.807, 2.05) is 30.9 Å². The van der Waals surface area contributed by atoms with Crippen molar-refractivity contribution in [2.45, 2.75) is 50.2 Å². The summed E-state index contributed by atoms with van der Waals surface area (Å²) in [7, 11) is -3.56. The van der Waals surface area contributed by atoms with Gasteiger partial charge >= 0.3 is 12.1 Å². The SMILES string of the molecule is Cc1ccc(S(=O)(=O)N(CCC(=O)N2CCNCC2)C2CC2)c(C)c1.O=C(O)C(F)(F)F. The molecule has 0 aromatic heterocycles. The number of piperazine rings is 1. The number of carbonyl (C=O) groups excluding carboxylic acids is 1. The second-order valence-electron chi connectivity index (χ2n) is 7.80. The van der Waals surface area contributed by atoms with Crippen LogP contribution >= 0.6 is 0 Å². The number of carboxylic acid groups (broad SMARTS) is 1. The van der Waals surface area contributed by atoms with E-state index in [-0.39, 0.29) is 24.9 Å². The Balaban J connectivity index is 0.000000451. The Kier molecular flexibility index (Phi) is 8.66. The number of aryl methyl sites for hydroxylation is 2. The van der Waals surface area contributed by atoms with Crippen molar-refractivity contribution in [3.05, 3.63) is 29.3 Å². The quantitative estimate of drug-likeness (QED) is 0.646. The first kappa shape index (κ1) is 26.1. The highest BCUT2D eigenvalue weighted by Gasteiger charge is 2.39. The van der Waals surface area contributed by atoms with Gasteiger partial charge in [0.1, 0.15) is 0 Å². The van der Waals surface area contributed by atoms with Crippen molar-refractivity contribution in [1.29, 1.82) is 0 Å². The molecular weight excluding hydrogens is 451 g/mol. The molecule has 1 amide bonds. The lowest BCUT2D eigenvalue weighted by Gasteiger charge is -2.29. The summed E-state index contributed by atoms with van der Waals surface area (Å²) >= 11 is 0. The number of nitrogens with one attached hydrogen (secondary N) is 1. The second-order valence-corrected chi connectivity index (χ2v) is 9.66. The van der Waals surface area contributed by atoms with Gasteiger partial charge in [0.05, 0.1) is 4.90 Å². The maximum absolute atomic E-state index is 13.1. The Morgan fingerprint density at radius 2 is 1.75 bits per heavy atom. The smallest absolute Gasteiger partial charge is 0.475 e. The first-order valence-corrected chi connectivity index (χ1v) is 11.7. The third-order valence-corrected chi connectivity index (χ3v) is 7.24. The fraction of sp³-hybridized carbons (Fsp3) is 0.600. The standard InChI is InChI=1S/C18H27N3O3S.C2HF3O2/c1-14-3-6-17(15(2)13-14)25(23,24)21(16-4-5-16)10-7-18(22)20-11-8-19-9-12-20;3-2(4,5)1(6)7/h3,6,13,16,19H,4-5,7-12H2,1-2H3;(H,6,7). The molecule has 180 valence electrons. The second kappa shape index (κ2) is 10.6. The van der Waals surface area contributed by atoms with E-state index in [9.17, 15) is 26.4 Å². The van der Waals surface area contributed by atoms with Gasteiger partial charge in [-0.1, -0.05) is 17.7 Å². The summed E-state index contributed by atoms with van der Waals surface area (Å²) < 4.78 is 59.5. The van der Waals surface area contributed by atoms with Gasteiger partial charge in [0.25, 0.3) is 0 Å². The summed E-state index contributed by atoms with van der Waals surface area (Å²) in [5.41, 5.74) is 1.81. The third kappa shape index (κ3) is 7.17. The molecule has 2 aliphatic rings. The van der Waals surface area contributed by atoms with E-state index >= 15 is 0 Å². The highest BCUT2D eigenvalue weighted by Crippen LogP contribution is 2.33. The van der Waals surface area contributed by atoms with E-state index in [0.717, 1.165) is 37.1 Å². The lowest BCUT2D eigenvalue weighted by atomic mass is 10.2. The molecule has 1 aliphatic heterocycles. The zero-order valence-electron chi connectivity index (χ0n) is 18.0. The van der Waals surface area contributed by atoms with E-state index in [4.69, 9.17) is 9.90 Å². The van der Waals surface area contributed by atoms with Crippen LogP contribution in [0.3, 0.4) is 0 Å². The lowest BCUT2D eigenvalue weighted by molar-refractivity contribution is -0.192. The van der Waals surface area contributed by atoms with Crippen LogP contribution in [0.1, 0.15) is 30.4 Å². The van der Waals surface area contributed by atoms with Crippen molar-refractivity contribution >= 4 is 21.9 Å². The molecule has 1 saturated heterocycles. The Morgan fingerprint density at radius 3 is 2.22 bits per heavy atom. The summed E-state index contributed by atoms with van der Waals surface area (Å²) in [6, 6.07) is 5.45. The zero-order valence-corrected chi connectivity index (χ0v) is 18.8. The average Bonchev–Trinajstić information content (AvgIpc) is 3.53. The Morgan fingerprint density at radius 1 is 1.19 bits per heavy atom. The van der Waals surface area contributed by atoms with Crippen LogP contribution in [0.5, 0.6) is 0 Å². The van der Waals surface area contributed by atoms with Crippen molar-refractivity contribution in [2.75, 3.05) is 32.7 Å². The minimum Gasteiger partial charge on any atom is -0.475 e. The number of benzene rings is 1. The van der Waals surface area contributed by atoms with Crippen LogP contribution < -0.4 is 5.32 Å². The topological polar surface area (TPSA) is 107 Å². The van der Waals surface area contributed by atoms with Gasteiger partial charge in [0, 0.05) is 45.2 Å². The molecule has 8 nitrogen and oxygen atoms in total. The number of amides is 1. The minimum atomic E-state index is -5.08. The predicted molar refractivity (Wildman–Crippen MR) is 111 cm³/mol. The van der Waals surface area contributed by atoms with E-state index in [1.165, 1.54) is 0 Å². The van der Waals surface area contributed by atoms with Crippen molar-refractivity contribution in [1.82, 2.24) is 14.5 Å². The van der Waals surface area contributed by atoms with Crippen LogP contribution in [0.2, 0.25) is 0 Å². The number of aliphatic carboxylic acids is 1. The molecule has 1 heterocycles. The molecule has 1 aliphatic carbocycles. The molecule has 1 aromatic carbocycles. The van der Waals surface area contributed by atoms with Gasteiger partial charge in [-0.2, -0.15) is 17.5 Å². The van der Waals surface area contributed by atoms with E-state index in [1.54, 1.807) is 10.4 Å². The number of carbonyl (C=O) groups is 2. The molecule has 32 heavy (non-hydrogen) atoms. The molecule has 0 radical (unpaired) electrons. The largest absolute Gasteiger partial charge is 0.490 e. The summed E-state index contributed by atoms with van der Waals surface area (Å²) in [6.45, 7) is 7.06. The van der Waals surface area contributed by atoms with Crippen LogP contribution in [-0.2, 0) is 19.6 Å². The number of nitrogens with zero attached hydrogens (tertiary/aromatic N) is 2. The molecular formula is C20H28F3N3O5S. The first-order chi connectivity index (χ1) is 14.8. The number of carboxylic acids is 1. The van der Waals surface area contributed by atoms with Crippen molar-refractivity contribution in [3.8, 4) is 0 Å². The third-order valence-electron chi connectivity index (χ3n) is 5.13. The van der Waals surface area contributed by atoms with Crippen molar-refractivity contribution < 1.29 is 36.3 Å². The van der Waals surface area contributed by atoms with E-state index in [0.29, 0.717) is 18.0 Å². The molecule has 0 atom stereocenters. The molecule has 1 aromatic rings. The molecule has 0 spiro atoms. The Labute approximate surface area is 185 Å².